The van der Waals surface area contributed by atoms with Crippen molar-refractivity contribution in [2.24, 2.45) is 5.92 Å². The molecule has 2 N–H and O–H groups in total. The van der Waals surface area contributed by atoms with Gasteiger partial charge in [0.1, 0.15) is 0 Å². The lowest BCUT2D eigenvalue weighted by Crippen LogP contribution is -2.48. The van der Waals surface area contributed by atoms with E-state index in [9.17, 15) is 4.79 Å². The third-order valence-corrected chi connectivity index (χ3v) is 4.40. The smallest absolute Gasteiger partial charge is 0.224 e. The molecule has 1 heterocycles. The van der Waals surface area contributed by atoms with Crippen LogP contribution in [0.5, 0.6) is 0 Å². The van der Waals surface area contributed by atoms with Gasteiger partial charge in [-0.15, -0.1) is 0 Å². The van der Waals surface area contributed by atoms with Crippen LogP contribution in [0.25, 0.3) is 0 Å². The number of piperazine rings is 1. The Morgan fingerprint density at radius 2 is 1.78 bits per heavy atom. The SMILES string of the molecule is CNCC(C)C(=O)NCCN1CCN(Cc2ccccc2)CC1. The van der Waals surface area contributed by atoms with Crippen molar-refractivity contribution >= 4 is 5.91 Å². The summed E-state index contributed by atoms with van der Waals surface area (Å²) in [6, 6.07) is 10.6. The van der Waals surface area contributed by atoms with Crippen molar-refractivity contribution in [2.75, 3.05) is 52.9 Å². The number of hydrogen-bond acceptors (Lipinski definition) is 4. The number of amides is 1. The summed E-state index contributed by atoms with van der Waals surface area (Å²) in [4.78, 5) is 16.8. The van der Waals surface area contributed by atoms with E-state index in [1.807, 2.05) is 14.0 Å². The first-order chi connectivity index (χ1) is 11.2. The second-order valence-electron chi connectivity index (χ2n) is 6.35. The molecule has 1 aromatic rings. The number of carbonyl (C=O) groups excluding carboxylic acids is 1. The third-order valence-electron chi connectivity index (χ3n) is 4.40. The van der Waals surface area contributed by atoms with Gasteiger partial charge in [-0.2, -0.15) is 0 Å². The average Bonchev–Trinajstić information content (AvgIpc) is 2.57. The van der Waals surface area contributed by atoms with Crippen LogP contribution < -0.4 is 10.6 Å². The summed E-state index contributed by atoms with van der Waals surface area (Å²) in [5.74, 6) is 0.171. The summed E-state index contributed by atoms with van der Waals surface area (Å²) in [6.45, 7) is 9.75. The zero-order chi connectivity index (χ0) is 16.5. The van der Waals surface area contributed by atoms with E-state index >= 15 is 0 Å². The predicted octanol–water partition coefficient (Wildman–Crippen LogP) is 0.776. The molecular formula is C18H30N4O. The molecule has 0 spiro atoms. The Morgan fingerprint density at radius 3 is 2.43 bits per heavy atom. The fraction of sp³-hybridized carbons (Fsp3) is 0.611. The molecule has 0 bridgehead atoms. The highest BCUT2D eigenvalue weighted by atomic mass is 16.1. The highest BCUT2D eigenvalue weighted by Gasteiger charge is 2.17. The molecule has 1 saturated heterocycles. The molecule has 1 fully saturated rings. The molecule has 0 aromatic heterocycles. The highest BCUT2D eigenvalue weighted by Crippen LogP contribution is 2.08. The quantitative estimate of drug-likeness (QED) is 0.743. The molecule has 2 rings (SSSR count). The van der Waals surface area contributed by atoms with Crippen LogP contribution in [0.15, 0.2) is 30.3 Å². The monoisotopic (exact) mass is 318 g/mol. The number of carbonyl (C=O) groups is 1. The Kier molecular flexibility index (Phi) is 7.52. The van der Waals surface area contributed by atoms with Crippen LogP contribution in [0.1, 0.15) is 12.5 Å². The molecule has 0 saturated carbocycles. The summed E-state index contributed by atoms with van der Waals surface area (Å²) in [5.41, 5.74) is 1.38. The molecule has 1 unspecified atom stereocenters. The predicted molar refractivity (Wildman–Crippen MR) is 94.3 cm³/mol. The van der Waals surface area contributed by atoms with Crippen LogP contribution >= 0.6 is 0 Å². The van der Waals surface area contributed by atoms with Gasteiger partial charge in [0, 0.05) is 58.3 Å². The molecular weight excluding hydrogens is 288 g/mol. The van der Waals surface area contributed by atoms with Crippen molar-refractivity contribution in [1.29, 1.82) is 0 Å². The minimum atomic E-state index is 0.0303. The van der Waals surface area contributed by atoms with Crippen LogP contribution in [0.3, 0.4) is 0 Å². The first-order valence-electron chi connectivity index (χ1n) is 8.60. The van der Waals surface area contributed by atoms with Crippen LogP contribution in [0.2, 0.25) is 0 Å². The van der Waals surface area contributed by atoms with Crippen LogP contribution in [0.4, 0.5) is 0 Å². The molecule has 1 aliphatic rings. The number of nitrogens with one attached hydrogen (secondary N) is 2. The Morgan fingerprint density at radius 1 is 1.13 bits per heavy atom. The standard InChI is InChI=1S/C18H30N4O/c1-16(14-19-2)18(23)20-8-9-21-10-12-22(13-11-21)15-17-6-4-3-5-7-17/h3-7,16,19H,8-15H2,1-2H3,(H,20,23). The van der Waals surface area contributed by atoms with Crippen LogP contribution in [0, 0.1) is 5.92 Å². The van der Waals surface area contributed by atoms with E-state index in [0.717, 1.165) is 52.4 Å². The van der Waals surface area contributed by atoms with Crippen molar-refractivity contribution in [1.82, 2.24) is 20.4 Å². The highest BCUT2D eigenvalue weighted by molar-refractivity contribution is 5.78. The summed E-state index contributed by atoms with van der Waals surface area (Å²) in [6.07, 6.45) is 0. The van der Waals surface area contributed by atoms with E-state index < -0.39 is 0 Å². The van der Waals surface area contributed by atoms with Gasteiger partial charge < -0.3 is 10.6 Å². The molecule has 1 atom stereocenters. The van der Waals surface area contributed by atoms with Gasteiger partial charge in [0.15, 0.2) is 0 Å². The maximum Gasteiger partial charge on any atom is 0.224 e. The number of hydrogen-bond donors (Lipinski definition) is 2. The molecule has 23 heavy (non-hydrogen) atoms. The van der Waals surface area contributed by atoms with E-state index in [2.05, 4.69) is 50.8 Å². The molecule has 5 nitrogen and oxygen atoms in total. The fourth-order valence-corrected chi connectivity index (χ4v) is 2.92. The number of nitrogens with zero attached hydrogens (tertiary/aromatic N) is 2. The maximum absolute atomic E-state index is 11.9. The Bertz CT molecular complexity index is 457. The van der Waals surface area contributed by atoms with Gasteiger partial charge in [-0.25, -0.2) is 0 Å². The zero-order valence-electron chi connectivity index (χ0n) is 14.4. The van der Waals surface area contributed by atoms with Gasteiger partial charge >= 0.3 is 0 Å². The minimum absolute atomic E-state index is 0.0303. The lowest BCUT2D eigenvalue weighted by molar-refractivity contribution is -0.124. The van der Waals surface area contributed by atoms with Gasteiger partial charge in [0.25, 0.3) is 0 Å². The van der Waals surface area contributed by atoms with E-state index in [1.54, 1.807) is 0 Å². The van der Waals surface area contributed by atoms with E-state index in [1.165, 1.54) is 5.56 Å². The van der Waals surface area contributed by atoms with Crippen molar-refractivity contribution < 1.29 is 4.79 Å². The average molecular weight is 318 g/mol. The Balaban J connectivity index is 1.60. The first kappa shape index (κ1) is 17.9. The van der Waals surface area contributed by atoms with Crippen LogP contribution in [-0.2, 0) is 11.3 Å². The lowest BCUT2D eigenvalue weighted by atomic mass is 10.1. The lowest BCUT2D eigenvalue weighted by Gasteiger charge is -2.34. The maximum atomic E-state index is 11.9. The third kappa shape index (κ3) is 6.29. The van der Waals surface area contributed by atoms with Gasteiger partial charge in [0.2, 0.25) is 5.91 Å². The number of rotatable bonds is 8. The van der Waals surface area contributed by atoms with Gasteiger partial charge in [-0.05, 0) is 12.6 Å². The second kappa shape index (κ2) is 9.65. The topological polar surface area (TPSA) is 47.6 Å². The van der Waals surface area contributed by atoms with Crippen molar-refractivity contribution in [3.63, 3.8) is 0 Å². The minimum Gasteiger partial charge on any atom is -0.355 e. The van der Waals surface area contributed by atoms with Crippen molar-refractivity contribution in [3.8, 4) is 0 Å². The summed E-state index contributed by atoms with van der Waals surface area (Å²) >= 11 is 0. The molecule has 1 amide bonds. The van der Waals surface area contributed by atoms with Gasteiger partial charge in [-0.1, -0.05) is 37.3 Å². The second-order valence-corrected chi connectivity index (χ2v) is 6.35. The van der Waals surface area contributed by atoms with Crippen molar-refractivity contribution in [2.45, 2.75) is 13.5 Å². The summed E-state index contributed by atoms with van der Waals surface area (Å²) < 4.78 is 0. The first-order valence-corrected chi connectivity index (χ1v) is 8.60. The van der Waals surface area contributed by atoms with E-state index in [4.69, 9.17) is 0 Å². The Labute approximate surface area is 140 Å². The molecule has 0 aliphatic carbocycles. The fourth-order valence-electron chi connectivity index (χ4n) is 2.92. The largest absolute Gasteiger partial charge is 0.355 e. The van der Waals surface area contributed by atoms with Crippen LogP contribution in [-0.4, -0.2) is 68.6 Å². The van der Waals surface area contributed by atoms with E-state index in [-0.39, 0.29) is 11.8 Å². The van der Waals surface area contributed by atoms with Gasteiger partial charge in [0.05, 0.1) is 0 Å². The molecule has 0 radical (unpaired) electrons. The number of benzene rings is 1. The molecule has 5 heteroatoms. The molecule has 1 aliphatic heterocycles. The molecule has 1 aromatic carbocycles. The zero-order valence-corrected chi connectivity index (χ0v) is 14.4. The Hall–Kier alpha value is -1.43. The van der Waals surface area contributed by atoms with Gasteiger partial charge in [-0.3, -0.25) is 14.6 Å². The normalized spacial score (nSPS) is 17.8. The summed E-state index contributed by atoms with van der Waals surface area (Å²) in [5, 5.41) is 6.07. The molecule has 128 valence electrons. The van der Waals surface area contributed by atoms with Crippen molar-refractivity contribution in [3.05, 3.63) is 35.9 Å². The summed E-state index contributed by atoms with van der Waals surface area (Å²) in [7, 11) is 1.87. The van der Waals surface area contributed by atoms with E-state index in [0.29, 0.717) is 0 Å².